The summed E-state index contributed by atoms with van der Waals surface area (Å²) in [5, 5.41) is 2.68. The van der Waals surface area contributed by atoms with Crippen molar-refractivity contribution >= 4 is 15.7 Å². The molecular formula is C21H19F5N4O2S. The molecule has 33 heavy (non-hydrogen) atoms. The highest BCUT2D eigenvalue weighted by molar-refractivity contribution is 7.89. The van der Waals surface area contributed by atoms with E-state index in [1.165, 1.54) is 41.4 Å². The molecule has 4 rings (SSSR count). The van der Waals surface area contributed by atoms with Crippen LogP contribution >= 0.6 is 0 Å². The average Bonchev–Trinajstić information content (AvgIpc) is 3.35. The summed E-state index contributed by atoms with van der Waals surface area (Å²) in [6.45, 7) is -0.136. The number of sulfonamides is 1. The molecule has 176 valence electrons. The maximum absolute atomic E-state index is 13.9. The first kappa shape index (κ1) is 23.2. The first-order valence-electron chi connectivity index (χ1n) is 9.81. The first-order chi connectivity index (χ1) is 15.4. The molecule has 0 saturated carbocycles. The molecule has 0 aliphatic carbocycles. The lowest BCUT2D eigenvalue weighted by Gasteiger charge is -2.22. The molecular weight excluding hydrogens is 467 g/mol. The largest absolute Gasteiger partial charge is 0.416 e. The summed E-state index contributed by atoms with van der Waals surface area (Å²) in [7, 11) is -2.38. The summed E-state index contributed by atoms with van der Waals surface area (Å²) in [4.78, 5) is 3.89. The smallest absolute Gasteiger partial charge is 0.380 e. The maximum atomic E-state index is 13.9. The highest BCUT2D eigenvalue weighted by atomic mass is 32.2. The standard InChI is InChI=1S/C21H19F5N4O2S/c1-29-11-20(27-12-29)33(31,32)30-9-18(13-2-4-15(22)5-3-13)19(10-30)28-17-7-14(21(24,25)26)6-16(23)8-17/h2-8,11-12,18-19,28H,9-10H2,1H3. The first-order valence-corrected chi connectivity index (χ1v) is 11.3. The third-order valence-electron chi connectivity index (χ3n) is 5.45. The molecule has 1 saturated heterocycles. The Bertz CT molecular complexity index is 1260. The Morgan fingerprint density at radius 1 is 1.03 bits per heavy atom. The minimum atomic E-state index is -4.75. The Labute approximate surface area is 186 Å². The van der Waals surface area contributed by atoms with Crippen LogP contribution < -0.4 is 5.32 Å². The number of benzene rings is 2. The molecule has 12 heteroatoms. The molecule has 0 bridgehead atoms. The number of aryl methyl sites for hydroxylation is 1. The number of nitrogens with one attached hydrogen (secondary N) is 1. The van der Waals surface area contributed by atoms with E-state index in [1.807, 2.05) is 0 Å². The number of halogens is 5. The highest BCUT2D eigenvalue weighted by Gasteiger charge is 2.41. The lowest BCUT2D eigenvalue weighted by molar-refractivity contribution is -0.137. The van der Waals surface area contributed by atoms with Crippen LogP contribution in [0.5, 0.6) is 0 Å². The molecule has 2 atom stereocenters. The van der Waals surface area contributed by atoms with E-state index < -0.39 is 45.4 Å². The van der Waals surface area contributed by atoms with E-state index in [0.29, 0.717) is 11.6 Å². The van der Waals surface area contributed by atoms with Gasteiger partial charge in [-0.3, -0.25) is 0 Å². The molecule has 2 unspecified atom stereocenters. The van der Waals surface area contributed by atoms with E-state index in [4.69, 9.17) is 0 Å². The van der Waals surface area contributed by atoms with Crippen LogP contribution in [0.15, 0.2) is 60.0 Å². The molecule has 1 aromatic heterocycles. The molecule has 0 radical (unpaired) electrons. The third kappa shape index (κ3) is 4.86. The molecule has 0 spiro atoms. The number of anilines is 1. The van der Waals surface area contributed by atoms with Crippen LogP contribution in [-0.4, -0.2) is 41.4 Å². The van der Waals surface area contributed by atoms with Crippen molar-refractivity contribution in [2.75, 3.05) is 18.4 Å². The average molecular weight is 486 g/mol. The van der Waals surface area contributed by atoms with Crippen LogP contribution in [0.2, 0.25) is 0 Å². The van der Waals surface area contributed by atoms with Crippen molar-refractivity contribution in [2.45, 2.75) is 23.2 Å². The van der Waals surface area contributed by atoms with E-state index in [1.54, 1.807) is 7.05 Å². The van der Waals surface area contributed by atoms with Crippen LogP contribution in [-0.2, 0) is 23.2 Å². The predicted octanol–water partition coefficient (Wildman–Crippen LogP) is 3.99. The number of hydrogen-bond donors (Lipinski definition) is 1. The summed E-state index contributed by atoms with van der Waals surface area (Å²) < 4.78 is 95.5. The molecule has 1 aliphatic rings. The quantitative estimate of drug-likeness (QED) is 0.554. The van der Waals surface area contributed by atoms with E-state index in [0.717, 1.165) is 16.4 Å². The topological polar surface area (TPSA) is 67.2 Å². The minimum Gasteiger partial charge on any atom is -0.380 e. The minimum absolute atomic E-state index is 0.0242. The number of nitrogens with zero attached hydrogens (tertiary/aromatic N) is 3. The van der Waals surface area contributed by atoms with Gasteiger partial charge in [-0.05, 0) is 35.9 Å². The Kier molecular flexibility index (Phi) is 5.91. The highest BCUT2D eigenvalue weighted by Crippen LogP contribution is 2.35. The maximum Gasteiger partial charge on any atom is 0.416 e. The second-order valence-corrected chi connectivity index (χ2v) is 9.72. The van der Waals surface area contributed by atoms with Crippen molar-refractivity contribution in [3.8, 4) is 0 Å². The van der Waals surface area contributed by atoms with Crippen LogP contribution in [0.4, 0.5) is 27.6 Å². The zero-order valence-electron chi connectivity index (χ0n) is 17.2. The van der Waals surface area contributed by atoms with E-state index >= 15 is 0 Å². The van der Waals surface area contributed by atoms with Crippen molar-refractivity contribution in [1.82, 2.24) is 13.9 Å². The summed E-state index contributed by atoms with van der Waals surface area (Å²) in [5.41, 5.74) is -0.726. The zero-order valence-corrected chi connectivity index (χ0v) is 18.0. The molecule has 6 nitrogen and oxygen atoms in total. The number of hydrogen-bond acceptors (Lipinski definition) is 4. The molecule has 3 aromatic rings. The molecule has 1 aliphatic heterocycles. The van der Waals surface area contributed by atoms with Crippen molar-refractivity contribution in [1.29, 1.82) is 0 Å². The second-order valence-electron chi connectivity index (χ2n) is 7.83. The van der Waals surface area contributed by atoms with Crippen LogP contribution in [0.25, 0.3) is 0 Å². The lowest BCUT2D eigenvalue weighted by Crippen LogP contribution is -2.32. The Morgan fingerprint density at radius 2 is 1.73 bits per heavy atom. The second kappa shape index (κ2) is 8.41. The fourth-order valence-electron chi connectivity index (χ4n) is 3.86. The lowest BCUT2D eigenvalue weighted by atomic mass is 9.94. The van der Waals surface area contributed by atoms with Gasteiger partial charge in [0.1, 0.15) is 11.6 Å². The summed E-state index contributed by atoms with van der Waals surface area (Å²) >= 11 is 0. The number of imidazole rings is 1. The van der Waals surface area contributed by atoms with Gasteiger partial charge in [0.2, 0.25) is 0 Å². The number of alkyl halides is 3. The molecule has 0 amide bonds. The van der Waals surface area contributed by atoms with Gasteiger partial charge in [0, 0.05) is 44.0 Å². The normalized spacial score (nSPS) is 19.7. The third-order valence-corrected chi connectivity index (χ3v) is 7.16. The van der Waals surface area contributed by atoms with Crippen molar-refractivity contribution < 1.29 is 30.4 Å². The Hall–Kier alpha value is -2.99. The van der Waals surface area contributed by atoms with Gasteiger partial charge in [-0.2, -0.15) is 17.5 Å². The van der Waals surface area contributed by atoms with Crippen LogP contribution in [0.1, 0.15) is 17.0 Å². The van der Waals surface area contributed by atoms with Gasteiger partial charge in [-0.15, -0.1) is 0 Å². The molecule has 2 heterocycles. The van der Waals surface area contributed by atoms with Crippen molar-refractivity contribution in [3.05, 3.63) is 77.8 Å². The van der Waals surface area contributed by atoms with Gasteiger partial charge >= 0.3 is 6.18 Å². The van der Waals surface area contributed by atoms with E-state index in [2.05, 4.69) is 10.3 Å². The van der Waals surface area contributed by atoms with E-state index in [-0.39, 0.29) is 23.8 Å². The SMILES string of the molecule is Cn1cnc(S(=O)(=O)N2CC(Nc3cc(F)cc(C(F)(F)F)c3)C(c3ccc(F)cc3)C2)c1. The van der Waals surface area contributed by atoms with Gasteiger partial charge in [-0.25, -0.2) is 22.2 Å². The number of aromatic nitrogens is 2. The summed E-state index contributed by atoms with van der Waals surface area (Å²) in [5.74, 6) is -2.11. The van der Waals surface area contributed by atoms with Gasteiger partial charge in [0.15, 0.2) is 5.03 Å². The van der Waals surface area contributed by atoms with Gasteiger partial charge in [0.05, 0.1) is 11.9 Å². The van der Waals surface area contributed by atoms with Gasteiger partial charge in [0.25, 0.3) is 10.0 Å². The fraction of sp³-hybridized carbons (Fsp3) is 0.286. The van der Waals surface area contributed by atoms with Crippen molar-refractivity contribution in [2.24, 2.45) is 7.05 Å². The predicted molar refractivity (Wildman–Crippen MR) is 110 cm³/mol. The zero-order chi connectivity index (χ0) is 24.0. The fourth-order valence-corrected chi connectivity index (χ4v) is 5.32. The molecule has 1 fully saturated rings. The summed E-state index contributed by atoms with van der Waals surface area (Å²) in [6.07, 6.45) is -2.08. The van der Waals surface area contributed by atoms with Gasteiger partial charge < -0.3 is 9.88 Å². The van der Waals surface area contributed by atoms with Gasteiger partial charge in [-0.1, -0.05) is 12.1 Å². The van der Waals surface area contributed by atoms with Crippen LogP contribution in [0, 0.1) is 11.6 Å². The number of rotatable bonds is 5. The van der Waals surface area contributed by atoms with Crippen LogP contribution in [0.3, 0.4) is 0 Å². The Balaban J connectivity index is 1.68. The van der Waals surface area contributed by atoms with Crippen molar-refractivity contribution in [3.63, 3.8) is 0 Å². The molecule has 2 aromatic carbocycles. The monoisotopic (exact) mass is 486 g/mol. The molecule has 1 N–H and O–H groups in total. The Morgan fingerprint density at radius 3 is 2.33 bits per heavy atom. The van der Waals surface area contributed by atoms with E-state index in [9.17, 15) is 30.4 Å². The summed E-state index contributed by atoms with van der Waals surface area (Å²) in [6, 6.07) is 6.74.